The minimum Gasteiger partial charge on any atom is -0.493 e. The molecule has 158 valence electrons. The SMILES string of the molecule is COc1cc2nc(C3CCC3)n(NC(=O)c3cccc(F)c3)c(=O)c2cc1OC.Cl. The third-order valence-corrected chi connectivity index (χ3v) is 5.17. The van der Waals surface area contributed by atoms with Gasteiger partial charge in [0.2, 0.25) is 0 Å². The number of fused-ring (bicyclic) bond motifs is 1. The highest BCUT2D eigenvalue weighted by atomic mass is 35.5. The maximum absolute atomic E-state index is 13.5. The van der Waals surface area contributed by atoms with E-state index in [2.05, 4.69) is 10.4 Å². The van der Waals surface area contributed by atoms with Crippen LogP contribution in [0.15, 0.2) is 41.2 Å². The average molecular weight is 434 g/mol. The molecule has 3 aromatic rings. The summed E-state index contributed by atoms with van der Waals surface area (Å²) in [6.45, 7) is 0. The van der Waals surface area contributed by atoms with Crippen molar-refractivity contribution in [2.24, 2.45) is 0 Å². The number of rotatable bonds is 5. The van der Waals surface area contributed by atoms with Gasteiger partial charge in [-0.2, -0.15) is 0 Å². The van der Waals surface area contributed by atoms with Crippen LogP contribution in [0.1, 0.15) is 41.4 Å². The first-order chi connectivity index (χ1) is 14.0. The maximum Gasteiger partial charge on any atom is 0.280 e. The molecular weight excluding hydrogens is 413 g/mol. The molecule has 2 aromatic carbocycles. The first-order valence-corrected chi connectivity index (χ1v) is 9.27. The number of nitrogens with one attached hydrogen (secondary N) is 1. The molecule has 4 rings (SSSR count). The van der Waals surface area contributed by atoms with Crippen molar-refractivity contribution in [2.75, 3.05) is 19.6 Å². The van der Waals surface area contributed by atoms with Crippen molar-refractivity contribution in [1.82, 2.24) is 9.66 Å². The number of halogens is 2. The normalized spacial score (nSPS) is 13.3. The summed E-state index contributed by atoms with van der Waals surface area (Å²) >= 11 is 0. The largest absolute Gasteiger partial charge is 0.493 e. The van der Waals surface area contributed by atoms with Gasteiger partial charge in [0.15, 0.2) is 11.5 Å². The Labute approximate surface area is 178 Å². The van der Waals surface area contributed by atoms with Gasteiger partial charge in [-0.1, -0.05) is 12.5 Å². The summed E-state index contributed by atoms with van der Waals surface area (Å²) in [5, 5.41) is 0.283. The zero-order valence-corrected chi connectivity index (χ0v) is 17.3. The molecule has 1 N–H and O–H groups in total. The van der Waals surface area contributed by atoms with E-state index in [9.17, 15) is 14.0 Å². The molecule has 1 aliphatic rings. The smallest absolute Gasteiger partial charge is 0.280 e. The zero-order valence-electron chi connectivity index (χ0n) is 16.5. The van der Waals surface area contributed by atoms with Gasteiger partial charge in [-0.05, 0) is 37.1 Å². The van der Waals surface area contributed by atoms with Crippen molar-refractivity contribution in [1.29, 1.82) is 0 Å². The molecule has 0 atom stereocenters. The lowest BCUT2D eigenvalue weighted by atomic mass is 9.84. The van der Waals surface area contributed by atoms with Crippen LogP contribution in [0.25, 0.3) is 10.9 Å². The molecule has 1 aliphatic carbocycles. The average Bonchev–Trinajstić information content (AvgIpc) is 2.68. The molecule has 0 aliphatic heterocycles. The van der Waals surface area contributed by atoms with Crippen molar-refractivity contribution in [3.8, 4) is 11.5 Å². The van der Waals surface area contributed by atoms with Crippen LogP contribution in [0.4, 0.5) is 4.39 Å². The van der Waals surface area contributed by atoms with E-state index < -0.39 is 17.3 Å². The van der Waals surface area contributed by atoms with Crippen molar-refractivity contribution in [3.63, 3.8) is 0 Å². The number of amides is 1. The summed E-state index contributed by atoms with van der Waals surface area (Å²) in [5.41, 5.74) is 2.74. The Morgan fingerprint density at radius 3 is 2.47 bits per heavy atom. The monoisotopic (exact) mass is 433 g/mol. The topological polar surface area (TPSA) is 82.5 Å². The zero-order chi connectivity index (χ0) is 20.5. The first-order valence-electron chi connectivity index (χ1n) is 9.27. The molecule has 0 bridgehead atoms. The molecule has 7 nitrogen and oxygen atoms in total. The Balaban J connectivity index is 0.00000256. The van der Waals surface area contributed by atoms with Gasteiger partial charge < -0.3 is 9.47 Å². The van der Waals surface area contributed by atoms with Gasteiger partial charge in [0.05, 0.1) is 25.1 Å². The Hall–Kier alpha value is -3.13. The van der Waals surface area contributed by atoms with Crippen LogP contribution in [0.5, 0.6) is 11.5 Å². The summed E-state index contributed by atoms with van der Waals surface area (Å²) in [6, 6.07) is 8.48. The molecule has 0 radical (unpaired) electrons. The van der Waals surface area contributed by atoms with Crippen LogP contribution in [-0.2, 0) is 0 Å². The summed E-state index contributed by atoms with van der Waals surface area (Å²) in [6.07, 6.45) is 2.78. The Bertz CT molecular complexity index is 1160. The van der Waals surface area contributed by atoms with Crippen molar-refractivity contribution >= 4 is 29.2 Å². The molecule has 1 saturated carbocycles. The van der Waals surface area contributed by atoms with Gasteiger partial charge in [-0.15, -0.1) is 12.4 Å². The Morgan fingerprint density at radius 1 is 1.17 bits per heavy atom. The third kappa shape index (κ3) is 3.82. The lowest BCUT2D eigenvalue weighted by molar-refractivity contribution is 0.100. The molecule has 1 heterocycles. The second-order valence-electron chi connectivity index (χ2n) is 6.91. The van der Waals surface area contributed by atoms with Crippen molar-refractivity contribution in [2.45, 2.75) is 25.2 Å². The van der Waals surface area contributed by atoms with Gasteiger partial charge >= 0.3 is 0 Å². The fraction of sp³-hybridized carbons (Fsp3) is 0.286. The highest BCUT2D eigenvalue weighted by Crippen LogP contribution is 2.36. The van der Waals surface area contributed by atoms with E-state index in [4.69, 9.17) is 9.47 Å². The maximum atomic E-state index is 13.5. The Kier molecular flexibility index (Phi) is 6.26. The van der Waals surface area contributed by atoms with E-state index in [1.54, 1.807) is 12.1 Å². The molecule has 30 heavy (non-hydrogen) atoms. The van der Waals surface area contributed by atoms with Gasteiger partial charge in [-0.3, -0.25) is 15.0 Å². The predicted molar refractivity (Wildman–Crippen MR) is 113 cm³/mol. The number of aromatic nitrogens is 2. The number of hydrogen-bond donors (Lipinski definition) is 1. The van der Waals surface area contributed by atoms with E-state index in [0.29, 0.717) is 22.8 Å². The van der Waals surface area contributed by atoms with E-state index in [1.165, 1.54) is 37.1 Å². The Morgan fingerprint density at radius 2 is 1.87 bits per heavy atom. The summed E-state index contributed by atoms with van der Waals surface area (Å²) in [7, 11) is 2.99. The van der Waals surface area contributed by atoms with Crippen LogP contribution in [-0.4, -0.2) is 29.8 Å². The minimum atomic E-state index is -0.589. The number of carbonyl (C=O) groups excluding carboxylic acids is 1. The summed E-state index contributed by atoms with van der Waals surface area (Å²) < 4.78 is 25.3. The van der Waals surface area contributed by atoms with Crippen LogP contribution in [0, 0.1) is 5.82 Å². The lowest BCUT2D eigenvalue weighted by Gasteiger charge is -2.27. The quantitative estimate of drug-likeness (QED) is 0.664. The fourth-order valence-electron chi connectivity index (χ4n) is 3.37. The van der Waals surface area contributed by atoms with E-state index in [1.807, 2.05) is 0 Å². The van der Waals surface area contributed by atoms with Crippen LogP contribution < -0.4 is 20.5 Å². The van der Waals surface area contributed by atoms with Gasteiger partial charge in [0.25, 0.3) is 11.5 Å². The molecule has 0 unspecified atom stereocenters. The first kappa shape index (κ1) is 21.6. The summed E-state index contributed by atoms with van der Waals surface area (Å²) in [5.74, 6) is 0.275. The van der Waals surface area contributed by atoms with Gasteiger partial charge in [0.1, 0.15) is 11.6 Å². The number of benzene rings is 2. The molecular formula is C21H21ClFN3O4. The van der Waals surface area contributed by atoms with E-state index >= 15 is 0 Å². The molecule has 0 spiro atoms. The predicted octanol–water partition coefficient (Wildman–Crippen LogP) is 3.63. The highest BCUT2D eigenvalue weighted by molar-refractivity contribution is 6.00. The van der Waals surface area contributed by atoms with Crippen LogP contribution in [0.3, 0.4) is 0 Å². The van der Waals surface area contributed by atoms with Crippen molar-refractivity contribution < 1.29 is 18.7 Å². The van der Waals surface area contributed by atoms with Crippen molar-refractivity contribution in [3.05, 3.63) is 64.0 Å². The van der Waals surface area contributed by atoms with Gasteiger partial charge in [-0.25, -0.2) is 14.1 Å². The number of carbonyl (C=O) groups is 1. The molecule has 1 fully saturated rings. The molecule has 0 saturated heterocycles. The number of hydrogen-bond acceptors (Lipinski definition) is 5. The van der Waals surface area contributed by atoms with E-state index in [0.717, 1.165) is 25.3 Å². The van der Waals surface area contributed by atoms with E-state index in [-0.39, 0.29) is 29.3 Å². The highest BCUT2D eigenvalue weighted by Gasteiger charge is 2.27. The fourth-order valence-corrected chi connectivity index (χ4v) is 3.37. The standard InChI is InChI=1S/C21H20FN3O4.ClH/c1-28-17-10-15-16(11-18(17)29-2)23-19(12-5-3-6-12)25(21(15)27)24-20(26)13-7-4-8-14(22)9-13;/h4,7-12H,3,5-6H2,1-2H3,(H,24,26);1H. The minimum absolute atomic E-state index is 0. The van der Waals surface area contributed by atoms with Gasteiger partial charge in [0, 0.05) is 17.5 Å². The van der Waals surface area contributed by atoms with Crippen LogP contribution >= 0.6 is 12.4 Å². The second-order valence-corrected chi connectivity index (χ2v) is 6.91. The number of nitrogens with zero attached hydrogens (tertiary/aromatic N) is 2. The number of methoxy groups -OCH3 is 2. The third-order valence-electron chi connectivity index (χ3n) is 5.17. The number of ether oxygens (including phenoxy) is 2. The second kappa shape index (κ2) is 8.71. The molecule has 1 amide bonds. The molecule has 1 aromatic heterocycles. The molecule has 9 heteroatoms. The van der Waals surface area contributed by atoms with Crippen LogP contribution in [0.2, 0.25) is 0 Å². The summed E-state index contributed by atoms with van der Waals surface area (Å²) in [4.78, 5) is 30.5. The lowest BCUT2D eigenvalue weighted by Crippen LogP contribution is -2.38.